The number of likely N-dealkylation sites (N-methyl/N-ethyl adjacent to an activating group) is 1. The minimum absolute atomic E-state index is 0.0758. The van der Waals surface area contributed by atoms with Crippen molar-refractivity contribution in [3.05, 3.63) is 27.9 Å². The number of hydrogen-bond acceptors (Lipinski definition) is 6. The molecule has 2 N–H and O–H groups in total. The van der Waals surface area contributed by atoms with Crippen LogP contribution in [0.3, 0.4) is 0 Å². The molecule has 98 valence electrons. The molecule has 0 bridgehead atoms. The average Bonchev–Trinajstić information content (AvgIpc) is 2.28. The van der Waals surface area contributed by atoms with Gasteiger partial charge in [-0.15, -0.1) is 0 Å². The number of carboxylic acids is 1. The van der Waals surface area contributed by atoms with E-state index in [-0.39, 0.29) is 17.1 Å². The highest BCUT2D eigenvalue weighted by atomic mass is 16.6. The lowest BCUT2D eigenvalue weighted by molar-refractivity contribution is -0.384. The van der Waals surface area contributed by atoms with Crippen molar-refractivity contribution in [2.24, 2.45) is 0 Å². The van der Waals surface area contributed by atoms with Crippen molar-refractivity contribution in [3.63, 3.8) is 0 Å². The van der Waals surface area contributed by atoms with E-state index in [0.717, 1.165) is 12.3 Å². The number of nitrogens with zero attached hydrogens (tertiary/aromatic N) is 3. The largest absolute Gasteiger partial charge is 0.478 e. The van der Waals surface area contributed by atoms with Crippen molar-refractivity contribution in [1.82, 2.24) is 9.88 Å². The third-order valence-corrected chi connectivity index (χ3v) is 2.16. The van der Waals surface area contributed by atoms with Gasteiger partial charge in [-0.05, 0) is 14.1 Å². The lowest BCUT2D eigenvalue weighted by atomic mass is 10.2. The van der Waals surface area contributed by atoms with Crippen LogP contribution in [0.15, 0.2) is 12.3 Å². The number of hydrogen-bond donors (Lipinski definition) is 2. The molecule has 0 spiro atoms. The summed E-state index contributed by atoms with van der Waals surface area (Å²) in [6.07, 6.45) is 1.09. The number of anilines is 1. The summed E-state index contributed by atoms with van der Waals surface area (Å²) in [6, 6.07) is 0.993. The van der Waals surface area contributed by atoms with Crippen molar-refractivity contribution in [1.29, 1.82) is 0 Å². The molecule has 0 amide bonds. The number of aromatic carboxylic acids is 1. The van der Waals surface area contributed by atoms with Gasteiger partial charge in [-0.25, -0.2) is 9.78 Å². The predicted octanol–water partition coefficient (Wildman–Crippen LogP) is 0.661. The van der Waals surface area contributed by atoms with Crippen LogP contribution in [0.1, 0.15) is 10.4 Å². The van der Waals surface area contributed by atoms with Gasteiger partial charge in [-0.1, -0.05) is 0 Å². The molecule has 1 aromatic heterocycles. The van der Waals surface area contributed by atoms with E-state index in [2.05, 4.69) is 10.3 Å². The first-order valence-electron chi connectivity index (χ1n) is 5.18. The molecule has 18 heavy (non-hydrogen) atoms. The van der Waals surface area contributed by atoms with Gasteiger partial charge < -0.3 is 15.3 Å². The van der Waals surface area contributed by atoms with Gasteiger partial charge in [0, 0.05) is 25.4 Å². The monoisotopic (exact) mass is 254 g/mol. The molecule has 8 nitrogen and oxygen atoms in total. The Bertz CT molecular complexity index is 461. The summed E-state index contributed by atoms with van der Waals surface area (Å²) in [6.45, 7) is 1.16. The van der Waals surface area contributed by atoms with E-state index in [9.17, 15) is 14.9 Å². The fourth-order valence-electron chi connectivity index (χ4n) is 1.24. The normalized spacial score (nSPS) is 10.4. The molecule has 1 aromatic rings. The van der Waals surface area contributed by atoms with Crippen LogP contribution in [0, 0.1) is 10.1 Å². The Morgan fingerprint density at radius 3 is 2.78 bits per heavy atom. The molecular weight excluding hydrogens is 240 g/mol. The molecule has 0 saturated heterocycles. The number of nitrogens with one attached hydrogen (secondary N) is 1. The minimum Gasteiger partial charge on any atom is -0.478 e. The number of aromatic nitrogens is 1. The van der Waals surface area contributed by atoms with E-state index >= 15 is 0 Å². The molecule has 0 saturated carbocycles. The Balaban J connectivity index is 2.90. The third-order valence-electron chi connectivity index (χ3n) is 2.16. The lowest BCUT2D eigenvalue weighted by Crippen LogP contribution is -2.21. The summed E-state index contributed by atoms with van der Waals surface area (Å²) in [5.41, 5.74) is -0.548. The maximum atomic E-state index is 10.8. The standard InChI is InChI=1S/C10H14N4O4/c1-13(2)4-3-11-9-8(14(17)18)5-7(6-12-9)10(15)16/h5-6H,3-4H2,1-2H3,(H,11,12)(H,15,16). The molecule has 0 radical (unpaired) electrons. The summed E-state index contributed by atoms with van der Waals surface area (Å²) in [5.74, 6) is -1.17. The van der Waals surface area contributed by atoms with E-state index in [0.29, 0.717) is 13.1 Å². The zero-order valence-electron chi connectivity index (χ0n) is 10.1. The van der Waals surface area contributed by atoms with Gasteiger partial charge in [0.15, 0.2) is 0 Å². The van der Waals surface area contributed by atoms with Gasteiger partial charge in [0.25, 0.3) is 0 Å². The molecule has 0 fully saturated rings. The molecule has 0 unspecified atom stereocenters. The smallest absolute Gasteiger partial charge is 0.337 e. The molecule has 0 aliphatic carbocycles. The fourth-order valence-corrected chi connectivity index (χ4v) is 1.24. The number of carboxylic acid groups (broad SMARTS) is 1. The molecule has 1 heterocycles. The zero-order chi connectivity index (χ0) is 13.7. The van der Waals surface area contributed by atoms with Gasteiger partial charge in [-0.2, -0.15) is 0 Å². The molecule has 0 aliphatic heterocycles. The first-order chi connectivity index (χ1) is 8.41. The Labute approximate surface area is 103 Å². The molecule has 0 aromatic carbocycles. The summed E-state index contributed by atoms with van der Waals surface area (Å²) in [4.78, 5) is 26.5. The van der Waals surface area contributed by atoms with Gasteiger partial charge in [-0.3, -0.25) is 10.1 Å². The Morgan fingerprint density at radius 2 is 2.28 bits per heavy atom. The molecule has 1 rings (SSSR count). The Hall–Kier alpha value is -2.22. The van der Waals surface area contributed by atoms with Crippen molar-refractivity contribution < 1.29 is 14.8 Å². The van der Waals surface area contributed by atoms with Crippen molar-refractivity contribution >= 4 is 17.5 Å². The number of carbonyl (C=O) groups is 1. The summed E-state index contributed by atoms with van der Waals surface area (Å²) < 4.78 is 0. The van der Waals surface area contributed by atoms with Crippen molar-refractivity contribution in [2.75, 3.05) is 32.5 Å². The van der Waals surface area contributed by atoms with Crippen LogP contribution >= 0.6 is 0 Å². The van der Waals surface area contributed by atoms with Crippen LogP contribution in [0.4, 0.5) is 11.5 Å². The highest BCUT2D eigenvalue weighted by Gasteiger charge is 2.18. The number of nitro groups is 1. The zero-order valence-corrected chi connectivity index (χ0v) is 10.1. The third kappa shape index (κ3) is 3.67. The van der Waals surface area contributed by atoms with Gasteiger partial charge in [0.1, 0.15) is 0 Å². The van der Waals surface area contributed by atoms with Crippen LogP contribution in [0.2, 0.25) is 0 Å². The fraction of sp³-hybridized carbons (Fsp3) is 0.400. The second-order valence-corrected chi connectivity index (χ2v) is 3.88. The van der Waals surface area contributed by atoms with Crippen molar-refractivity contribution in [2.45, 2.75) is 0 Å². The molecule has 8 heteroatoms. The van der Waals surface area contributed by atoms with E-state index in [1.165, 1.54) is 0 Å². The SMILES string of the molecule is CN(C)CCNc1ncc(C(=O)O)cc1[N+](=O)[O-]. The minimum atomic E-state index is -1.24. The Kier molecular flexibility index (Phi) is 4.55. The van der Waals surface area contributed by atoms with Crippen LogP contribution in [0.25, 0.3) is 0 Å². The van der Waals surface area contributed by atoms with Crippen LogP contribution in [0.5, 0.6) is 0 Å². The predicted molar refractivity (Wildman–Crippen MR) is 64.9 cm³/mol. The highest BCUT2D eigenvalue weighted by Crippen LogP contribution is 2.22. The summed E-state index contributed by atoms with van der Waals surface area (Å²) >= 11 is 0. The first-order valence-corrected chi connectivity index (χ1v) is 5.18. The summed E-state index contributed by atoms with van der Waals surface area (Å²) in [7, 11) is 3.74. The molecular formula is C10H14N4O4. The van der Waals surface area contributed by atoms with Crippen LogP contribution < -0.4 is 5.32 Å². The van der Waals surface area contributed by atoms with E-state index in [4.69, 9.17) is 5.11 Å². The second kappa shape index (κ2) is 5.92. The molecule has 0 aliphatic rings. The van der Waals surface area contributed by atoms with Gasteiger partial charge in [0.05, 0.1) is 10.5 Å². The maximum Gasteiger partial charge on any atom is 0.337 e. The quantitative estimate of drug-likeness (QED) is 0.567. The van der Waals surface area contributed by atoms with Crippen LogP contribution in [-0.4, -0.2) is 53.1 Å². The topological polar surface area (TPSA) is 109 Å². The van der Waals surface area contributed by atoms with E-state index < -0.39 is 10.9 Å². The Morgan fingerprint density at radius 1 is 1.61 bits per heavy atom. The first kappa shape index (κ1) is 13.8. The molecule has 0 atom stereocenters. The highest BCUT2D eigenvalue weighted by molar-refractivity contribution is 5.88. The van der Waals surface area contributed by atoms with Crippen LogP contribution in [-0.2, 0) is 0 Å². The van der Waals surface area contributed by atoms with Gasteiger partial charge >= 0.3 is 11.7 Å². The average molecular weight is 254 g/mol. The lowest BCUT2D eigenvalue weighted by Gasteiger charge is -2.10. The maximum absolute atomic E-state index is 10.8. The number of pyridine rings is 1. The van der Waals surface area contributed by atoms with E-state index in [1.807, 2.05) is 19.0 Å². The summed E-state index contributed by atoms with van der Waals surface area (Å²) in [5, 5.41) is 22.4. The van der Waals surface area contributed by atoms with Gasteiger partial charge in [0.2, 0.25) is 5.82 Å². The van der Waals surface area contributed by atoms with Crippen molar-refractivity contribution in [3.8, 4) is 0 Å². The second-order valence-electron chi connectivity index (χ2n) is 3.88. The van der Waals surface area contributed by atoms with E-state index in [1.54, 1.807) is 0 Å². The number of rotatable bonds is 6.